The van der Waals surface area contributed by atoms with Crippen LogP contribution in [0.4, 0.5) is 19.0 Å². The van der Waals surface area contributed by atoms with Crippen LogP contribution in [0.3, 0.4) is 0 Å². The average Bonchev–Trinajstić information content (AvgIpc) is 2.51. The number of anilines is 1. The Balaban J connectivity index is 2.21. The van der Waals surface area contributed by atoms with Crippen molar-refractivity contribution in [1.29, 1.82) is 0 Å². The molecule has 2 rings (SSSR count). The fourth-order valence-corrected chi connectivity index (χ4v) is 2.57. The maximum Gasteiger partial charge on any atom is 0.433 e. The second-order valence-corrected chi connectivity index (χ2v) is 7.09. The summed E-state index contributed by atoms with van der Waals surface area (Å²) >= 11 is 0. The second kappa shape index (κ2) is 7.23. The van der Waals surface area contributed by atoms with Crippen molar-refractivity contribution in [2.75, 3.05) is 44.2 Å². The Morgan fingerprint density at radius 1 is 1.08 bits per heavy atom. The monoisotopic (exact) mass is 346 g/mol. The van der Waals surface area contributed by atoms with Crippen LogP contribution in [0.1, 0.15) is 38.7 Å². The minimum atomic E-state index is -4.49. The number of nitrogens with zero attached hydrogens (tertiary/aromatic N) is 4. The number of alkyl halides is 3. The molecule has 136 valence electrons. The van der Waals surface area contributed by atoms with Crippen LogP contribution in [0.2, 0.25) is 0 Å². The van der Waals surface area contributed by atoms with Gasteiger partial charge in [0.15, 0.2) is 0 Å². The fourth-order valence-electron chi connectivity index (χ4n) is 2.57. The van der Waals surface area contributed by atoms with E-state index in [0.717, 1.165) is 25.7 Å². The Hall–Kier alpha value is -1.41. The van der Waals surface area contributed by atoms with Gasteiger partial charge >= 0.3 is 6.18 Å². The van der Waals surface area contributed by atoms with Crippen molar-refractivity contribution in [3.05, 3.63) is 17.6 Å². The Morgan fingerprint density at radius 3 is 2.21 bits per heavy atom. The third-order valence-electron chi connectivity index (χ3n) is 4.00. The molecule has 1 fully saturated rings. The molecule has 1 N–H and O–H groups in total. The van der Waals surface area contributed by atoms with Gasteiger partial charge in [-0.1, -0.05) is 20.8 Å². The van der Waals surface area contributed by atoms with Crippen LogP contribution in [-0.2, 0) is 11.6 Å². The van der Waals surface area contributed by atoms with Gasteiger partial charge in [0.1, 0.15) is 17.3 Å². The number of hydrogen-bond donors (Lipinski definition) is 1. The van der Waals surface area contributed by atoms with Gasteiger partial charge in [-0.05, 0) is 6.42 Å². The van der Waals surface area contributed by atoms with Crippen molar-refractivity contribution in [3.63, 3.8) is 0 Å². The highest BCUT2D eigenvalue weighted by Crippen LogP contribution is 2.32. The number of rotatable bonds is 4. The van der Waals surface area contributed by atoms with Crippen molar-refractivity contribution >= 4 is 5.82 Å². The summed E-state index contributed by atoms with van der Waals surface area (Å²) in [5, 5.41) is 8.88. The zero-order chi connectivity index (χ0) is 18.0. The Labute approximate surface area is 140 Å². The van der Waals surface area contributed by atoms with Gasteiger partial charge < -0.3 is 10.0 Å². The van der Waals surface area contributed by atoms with E-state index in [1.165, 1.54) is 0 Å². The van der Waals surface area contributed by atoms with E-state index < -0.39 is 17.3 Å². The largest absolute Gasteiger partial charge is 0.433 e. The van der Waals surface area contributed by atoms with Crippen molar-refractivity contribution in [3.8, 4) is 0 Å². The molecule has 1 aromatic rings. The molecule has 2 heterocycles. The van der Waals surface area contributed by atoms with E-state index >= 15 is 0 Å². The van der Waals surface area contributed by atoms with Crippen LogP contribution < -0.4 is 4.90 Å². The first kappa shape index (κ1) is 18.9. The second-order valence-electron chi connectivity index (χ2n) is 7.09. The molecule has 0 amide bonds. The fraction of sp³-hybridized carbons (Fsp3) is 0.750. The van der Waals surface area contributed by atoms with Crippen molar-refractivity contribution in [2.45, 2.75) is 38.8 Å². The molecule has 24 heavy (non-hydrogen) atoms. The van der Waals surface area contributed by atoms with Gasteiger partial charge in [0.25, 0.3) is 0 Å². The standard InChI is InChI=1S/C16H25F3N4O/c1-15(2,3)14-20-12(16(17,18)19)11-13(21-14)23-8-6-22(7-9-23)5-4-10-24/h11,24H,4-10H2,1-3H3. The zero-order valence-electron chi connectivity index (χ0n) is 14.4. The first-order valence-corrected chi connectivity index (χ1v) is 8.16. The highest BCUT2D eigenvalue weighted by molar-refractivity contribution is 5.42. The number of aliphatic hydroxyl groups is 1. The molecule has 0 radical (unpaired) electrons. The van der Waals surface area contributed by atoms with E-state index in [1.807, 2.05) is 4.90 Å². The lowest BCUT2D eigenvalue weighted by Gasteiger charge is -2.36. The van der Waals surface area contributed by atoms with Crippen LogP contribution in [0.15, 0.2) is 6.07 Å². The molecule has 0 aromatic carbocycles. The molecule has 1 aromatic heterocycles. The summed E-state index contributed by atoms with van der Waals surface area (Å²) in [6, 6.07) is 1.04. The number of aliphatic hydroxyl groups excluding tert-OH is 1. The van der Waals surface area contributed by atoms with E-state index in [2.05, 4.69) is 14.9 Å². The number of halogens is 3. The highest BCUT2D eigenvalue weighted by atomic mass is 19.4. The average molecular weight is 346 g/mol. The van der Waals surface area contributed by atoms with Gasteiger partial charge in [-0.3, -0.25) is 4.90 Å². The number of hydrogen-bond acceptors (Lipinski definition) is 5. The lowest BCUT2D eigenvalue weighted by Crippen LogP contribution is -2.47. The summed E-state index contributed by atoms with van der Waals surface area (Å²) in [6.45, 7) is 9.08. The van der Waals surface area contributed by atoms with Crippen LogP contribution in [0.5, 0.6) is 0 Å². The minimum absolute atomic E-state index is 0.149. The predicted octanol–water partition coefficient (Wildman–Crippen LogP) is 2.30. The van der Waals surface area contributed by atoms with Gasteiger partial charge in [-0.2, -0.15) is 13.2 Å². The lowest BCUT2D eigenvalue weighted by atomic mass is 9.95. The predicted molar refractivity (Wildman–Crippen MR) is 86.1 cm³/mol. The van der Waals surface area contributed by atoms with Crippen molar-refractivity contribution in [2.24, 2.45) is 0 Å². The summed E-state index contributed by atoms with van der Waals surface area (Å²) in [7, 11) is 0. The van der Waals surface area contributed by atoms with Gasteiger partial charge in [0.2, 0.25) is 0 Å². The van der Waals surface area contributed by atoms with Gasteiger partial charge in [0, 0.05) is 50.8 Å². The van der Waals surface area contributed by atoms with E-state index in [4.69, 9.17) is 5.11 Å². The summed E-state index contributed by atoms with van der Waals surface area (Å²) < 4.78 is 39.5. The van der Waals surface area contributed by atoms with Gasteiger partial charge in [0.05, 0.1) is 0 Å². The molecule has 5 nitrogen and oxygen atoms in total. The molecule has 0 spiro atoms. The maximum absolute atomic E-state index is 13.2. The molecular formula is C16H25F3N4O. The van der Waals surface area contributed by atoms with Gasteiger partial charge in [-0.15, -0.1) is 0 Å². The maximum atomic E-state index is 13.2. The molecular weight excluding hydrogens is 321 g/mol. The smallest absolute Gasteiger partial charge is 0.396 e. The summed E-state index contributed by atoms with van der Waals surface area (Å²) in [6.07, 6.45) is -3.78. The number of piperazine rings is 1. The normalized spacial score (nSPS) is 17.4. The molecule has 0 unspecified atom stereocenters. The highest BCUT2D eigenvalue weighted by Gasteiger charge is 2.35. The van der Waals surface area contributed by atoms with Crippen LogP contribution in [0, 0.1) is 0 Å². The van der Waals surface area contributed by atoms with Crippen LogP contribution >= 0.6 is 0 Å². The molecule has 1 aliphatic rings. The summed E-state index contributed by atoms with van der Waals surface area (Å²) in [4.78, 5) is 12.2. The molecule has 1 saturated heterocycles. The SMILES string of the molecule is CC(C)(C)c1nc(N2CCN(CCCO)CC2)cc(C(F)(F)F)n1. The topological polar surface area (TPSA) is 52.5 Å². The van der Waals surface area contributed by atoms with Crippen LogP contribution in [-0.4, -0.2) is 59.3 Å². The van der Waals surface area contributed by atoms with E-state index in [1.54, 1.807) is 20.8 Å². The summed E-state index contributed by atoms with van der Waals surface area (Å²) in [5.41, 5.74) is -1.45. The first-order valence-electron chi connectivity index (χ1n) is 8.16. The zero-order valence-corrected chi connectivity index (χ0v) is 14.4. The molecule has 8 heteroatoms. The molecule has 0 aliphatic carbocycles. The van der Waals surface area contributed by atoms with E-state index in [9.17, 15) is 13.2 Å². The molecule has 0 atom stereocenters. The minimum Gasteiger partial charge on any atom is -0.396 e. The third-order valence-corrected chi connectivity index (χ3v) is 4.00. The molecule has 0 saturated carbocycles. The quantitative estimate of drug-likeness (QED) is 0.907. The van der Waals surface area contributed by atoms with E-state index in [-0.39, 0.29) is 12.4 Å². The number of aromatic nitrogens is 2. The molecule has 0 bridgehead atoms. The van der Waals surface area contributed by atoms with Crippen molar-refractivity contribution in [1.82, 2.24) is 14.9 Å². The summed E-state index contributed by atoms with van der Waals surface area (Å²) in [5.74, 6) is 0.541. The Bertz CT molecular complexity index is 517. The van der Waals surface area contributed by atoms with Crippen molar-refractivity contribution < 1.29 is 18.3 Å². The Kier molecular flexibility index (Phi) is 5.70. The first-order chi connectivity index (χ1) is 11.1. The third kappa shape index (κ3) is 4.80. The lowest BCUT2D eigenvalue weighted by molar-refractivity contribution is -0.141. The molecule has 1 aliphatic heterocycles. The van der Waals surface area contributed by atoms with E-state index in [0.29, 0.717) is 25.3 Å². The van der Waals surface area contributed by atoms with Crippen LogP contribution in [0.25, 0.3) is 0 Å². The Morgan fingerprint density at radius 2 is 1.71 bits per heavy atom. The van der Waals surface area contributed by atoms with Gasteiger partial charge in [-0.25, -0.2) is 9.97 Å².